The second-order valence-corrected chi connectivity index (χ2v) is 3.59. The van der Waals surface area contributed by atoms with Crippen LogP contribution in [0.3, 0.4) is 0 Å². The lowest BCUT2D eigenvalue weighted by atomic mass is 10.0. The van der Waals surface area contributed by atoms with Crippen molar-refractivity contribution in [2.45, 2.75) is 13.3 Å². The van der Waals surface area contributed by atoms with Crippen molar-refractivity contribution < 1.29 is 9.53 Å². The lowest BCUT2D eigenvalue weighted by Gasteiger charge is -2.10. The van der Waals surface area contributed by atoms with Gasteiger partial charge in [0.1, 0.15) is 5.75 Å². The number of hydrogen-bond acceptors (Lipinski definition) is 2. The molecular formula is C11H13ClO2. The monoisotopic (exact) mass is 212 g/mol. The van der Waals surface area contributed by atoms with Gasteiger partial charge in [0, 0.05) is 5.92 Å². The van der Waals surface area contributed by atoms with E-state index in [9.17, 15) is 4.79 Å². The van der Waals surface area contributed by atoms with Gasteiger partial charge in [-0.2, -0.15) is 0 Å². The fourth-order valence-corrected chi connectivity index (χ4v) is 1.36. The molecule has 3 heteroatoms. The van der Waals surface area contributed by atoms with Crippen molar-refractivity contribution in [3.63, 3.8) is 0 Å². The molecule has 0 aliphatic carbocycles. The quantitative estimate of drug-likeness (QED) is 0.718. The van der Waals surface area contributed by atoms with Gasteiger partial charge in [0.2, 0.25) is 5.24 Å². The second kappa shape index (κ2) is 5.01. The number of methoxy groups -OCH3 is 1. The topological polar surface area (TPSA) is 26.3 Å². The summed E-state index contributed by atoms with van der Waals surface area (Å²) >= 11 is 5.39. The lowest BCUT2D eigenvalue weighted by molar-refractivity contribution is -0.114. The summed E-state index contributed by atoms with van der Waals surface area (Å²) in [5.74, 6) is 0.630. The zero-order chi connectivity index (χ0) is 10.6. The van der Waals surface area contributed by atoms with Gasteiger partial charge in [0.15, 0.2) is 0 Å². The van der Waals surface area contributed by atoms with Crippen molar-refractivity contribution in [3.05, 3.63) is 29.8 Å². The Balaban J connectivity index is 2.80. The normalized spacial score (nSPS) is 12.2. The Morgan fingerprint density at radius 1 is 1.50 bits per heavy atom. The van der Waals surface area contributed by atoms with Gasteiger partial charge in [-0.05, 0) is 29.7 Å². The molecule has 1 aromatic rings. The summed E-state index contributed by atoms with van der Waals surface area (Å²) in [6.45, 7) is 1.81. The van der Waals surface area contributed by atoms with Crippen LogP contribution in [-0.4, -0.2) is 12.4 Å². The zero-order valence-electron chi connectivity index (χ0n) is 8.29. The fourth-order valence-electron chi connectivity index (χ4n) is 1.28. The first kappa shape index (κ1) is 11.1. The molecule has 1 atom stereocenters. The van der Waals surface area contributed by atoms with E-state index in [4.69, 9.17) is 16.3 Å². The minimum absolute atomic E-state index is 0.173. The zero-order valence-corrected chi connectivity index (χ0v) is 9.04. The smallest absolute Gasteiger partial charge is 0.224 e. The van der Waals surface area contributed by atoms with E-state index in [-0.39, 0.29) is 11.2 Å². The van der Waals surface area contributed by atoms with Gasteiger partial charge in [-0.25, -0.2) is 0 Å². The molecule has 2 nitrogen and oxygen atoms in total. The standard InChI is InChI=1S/C11H13ClO2/c1-8(11(12)13)7-9-5-3-4-6-10(9)14-2/h3-6,8H,7H2,1-2H3. The van der Waals surface area contributed by atoms with E-state index < -0.39 is 0 Å². The SMILES string of the molecule is COc1ccccc1CC(C)C(=O)Cl. The van der Waals surface area contributed by atoms with Crippen LogP contribution in [-0.2, 0) is 11.2 Å². The Morgan fingerprint density at radius 2 is 2.14 bits per heavy atom. The average Bonchev–Trinajstić information content (AvgIpc) is 2.18. The maximum atomic E-state index is 10.9. The van der Waals surface area contributed by atoms with Crippen molar-refractivity contribution >= 4 is 16.8 Å². The first-order chi connectivity index (χ1) is 6.65. The predicted octanol–water partition coefficient (Wildman–Crippen LogP) is 2.64. The Morgan fingerprint density at radius 3 is 2.71 bits per heavy atom. The van der Waals surface area contributed by atoms with Gasteiger partial charge in [0.05, 0.1) is 7.11 Å². The summed E-state index contributed by atoms with van der Waals surface area (Å²) in [5.41, 5.74) is 1.01. The van der Waals surface area contributed by atoms with Gasteiger partial charge >= 0.3 is 0 Å². The maximum Gasteiger partial charge on any atom is 0.224 e. The van der Waals surface area contributed by atoms with E-state index in [1.165, 1.54) is 0 Å². The Hall–Kier alpha value is -1.02. The van der Waals surface area contributed by atoms with Crippen molar-refractivity contribution in [2.24, 2.45) is 5.92 Å². The van der Waals surface area contributed by atoms with Crippen LogP contribution in [0.4, 0.5) is 0 Å². The predicted molar refractivity (Wildman–Crippen MR) is 56.7 cm³/mol. The van der Waals surface area contributed by atoms with Crippen molar-refractivity contribution in [1.82, 2.24) is 0 Å². The highest BCUT2D eigenvalue weighted by molar-refractivity contribution is 6.63. The minimum atomic E-state index is -0.309. The molecule has 0 bridgehead atoms. The lowest BCUT2D eigenvalue weighted by Crippen LogP contribution is -2.08. The van der Waals surface area contributed by atoms with Crippen LogP contribution >= 0.6 is 11.6 Å². The van der Waals surface area contributed by atoms with E-state index in [0.717, 1.165) is 11.3 Å². The Bertz CT molecular complexity index is 323. The number of carbonyl (C=O) groups is 1. The van der Waals surface area contributed by atoms with Crippen molar-refractivity contribution in [2.75, 3.05) is 7.11 Å². The summed E-state index contributed by atoms with van der Waals surface area (Å²) in [6, 6.07) is 7.63. The molecule has 0 saturated carbocycles. The third-order valence-corrected chi connectivity index (χ3v) is 2.48. The molecule has 0 heterocycles. The number of benzene rings is 1. The summed E-state index contributed by atoms with van der Waals surface area (Å²) in [6.07, 6.45) is 0.617. The fraction of sp³-hybridized carbons (Fsp3) is 0.364. The highest BCUT2D eigenvalue weighted by atomic mass is 35.5. The van der Waals surface area contributed by atoms with Gasteiger partial charge in [-0.1, -0.05) is 25.1 Å². The molecule has 1 rings (SSSR count). The second-order valence-electron chi connectivity index (χ2n) is 3.22. The van der Waals surface area contributed by atoms with Crippen LogP contribution in [0, 0.1) is 5.92 Å². The number of carbonyl (C=O) groups excluding carboxylic acids is 1. The third-order valence-electron chi connectivity index (χ3n) is 2.11. The highest BCUT2D eigenvalue weighted by Gasteiger charge is 2.12. The Labute approximate surface area is 88.8 Å². The number of hydrogen-bond donors (Lipinski definition) is 0. The average molecular weight is 213 g/mol. The number of halogens is 1. The highest BCUT2D eigenvalue weighted by Crippen LogP contribution is 2.21. The molecule has 0 aliphatic heterocycles. The molecule has 0 N–H and O–H groups in total. The van der Waals surface area contributed by atoms with Crippen LogP contribution in [0.15, 0.2) is 24.3 Å². The number of para-hydroxylation sites is 1. The van der Waals surface area contributed by atoms with Gasteiger partial charge in [-0.3, -0.25) is 4.79 Å². The summed E-state index contributed by atoms with van der Waals surface area (Å²) in [7, 11) is 1.62. The first-order valence-electron chi connectivity index (χ1n) is 4.46. The van der Waals surface area contributed by atoms with Crippen LogP contribution in [0.5, 0.6) is 5.75 Å². The van der Waals surface area contributed by atoms with E-state index in [1.807, 2.05) is 31.2 Å². The van der Waals surface area contributed by atoms with Crippen LogP contribution in [0.25, 0.3) is 0 Å². The van der Waals surface area contributed by atoms with Crippen molar-refractivity contribution in [3.8, 4) is 5.75 Å². The van der Waals surface area contributed by atoms with E-state index in [2.05, 4.69) is 0 Å². The van der Waals surface area contributed by atoms with Crippen LogP contribution < -0.4 is 4.74 Å². The summed E-state index contributed by atoms with van der Waals surface area (Å²) < 4.78 is 5.17. The number of rotatable bonds is 4. The van der Waals surface area contributed by atoms with Crippen LogP contribution in [0.2, 0.25) is 0 Å². The molecule has 0 spiro atoms. The third kappa shape index (κ3) is 2.74. The molecule has 0 aromatic heterocycles. The molecule has 0 aliphatic rings. The van der Waals surface area contributed by atoms with E-state index in [0.29, 0.717) is 6.42 Å². The molecule has 1 aromatic carbocycles. The molecule has 0 radical (unpaired) electrons. The minimum Gasteiger partial charge on any atom is -0.496 e. The molecule has 0 amide bonds. The van der Waals surface area contributed by atoms with Crippen LogP contribution in [0.1, 0.15) is 12.5 Å². The summed E-state index contributed by atoms with van der Waals surface area (Å²) in [5, 5.41) is -0.309. The maximum absolute atomic E-state index is 10.9. The molecule has 1 unspecified atom stereocenters. The van der Waals surface area contributed by atoms with Gasteiger partial charge in [0.25, 0.3) is 0 Å². The number of ether oxygens (including phenoxy) is 1. The molecular weight excluding hydrogens is 200 g/mol. The Kier molecular flexibility index (Phi) is 3.96. The van der Waals surface area contributed by atoms with Gasteiger partial charge < -0.3 is 4.74 Å². The van der Waals surface area contributed by atoms with E-state index >= 15 is 0 Å². The summed E-state index contributed by atoms with van der Waals surface area (Å²) in [4.78, 5) is 10.9. The van der Waals surface area contributed by atoms with Crippen molar-refractivity contribution in [1.29, 1.82) is 0 Å². The largest absolute Gasteiger partial charge is 0.496 e. The molecule has 76 valence electrons. The first-order valence-corrected chi connectivity index (χ1v) is 4.84. The molecule has 14 heavy (non-hydrogen) atoms. The van der Waals surface area contributed by atoms with Gasteiger partial charge in [-0.15, -0.1) is 0 Å². The molecule has 0 saturated heterocycles. The van der Waals surface area contributed by atoms with E-state index in [1.54, 1.807) is 7.11 Å². The molecule has 0 fully saturated rings.